The second-order valence-corrected chi connectivity index (χ2v) is 5.19. The van der Waals surface area contributed by atoms with Crippen molar-refractivity contribution in [3.05, 3.63) is 46.9 Å². The highest BCUT2D eigenvalue weighted by molar-refractivity contribution is 5.61. The third-order valence-electron chi connectivity index (χ3n) is 3.47. The molecule has 2 N–H and O–H groups in total. The van der Waals surface area contributed by atoms with E-state index in [-0.39, 0.29) is 5.92 Å². The maximum atomic E-state index is 5.71. The van der Waals surface area contributed by atoms with Gasteiger partial charge in [-0.1, -0.05) is 19.1 Å². The summed E-state index contributed by atoms with van der Waals surface area (Å²) in [5.74, 6) is 1.01. The van der Waals surface area contributed by atoms with E-state index in [0.29, 0.717) is 6.54 Å². The van der Waals surface area contributed by atoms with Gasteiger partial charge in [0.1, 0.15) is 5.82 Å². The molecule has 0 aliphatic heterocycles. The van der Waals surface area contributed by atoms with Gasteiger partial charge in [0, 0.05) is 23.7 Å². The minimum atomic E-state index is 0.185. The van der Waals surface area contributed by atoms with Crippen molar-refractivity contribution in [1.82, 2.24) is 9.97 Å². The average Bonchev–Trinajstić information content (AvgIpc) is 2.40. The second kappa shape index (κ2) is 5.49. The third kappa shape index (κ3) is 2.99. The lowest BCUT2D eigenvalue weighted by molar-refractivity contribution is 0.708. The van der Waals surface area contributed by atoms with E-state index in [9.17, 15) is 0 Å². The SMILES string of the molecule is Cc1cc(-c2ccc(C)c(C)c2)nc(C(C)CN)n1. The van der Waals surface area contributed by atoms with Crippen LogP contribution < -0.4 is 5.73 Å². The molecule has 2 aromatic rings. The zero-order valence-corrected chi connectivity index (χ0v) is 12.1. The fraction of sp³-hybridized carbons (Fsp3) is 0.375. The molecule has 2 rings (SSSR count). The van der Waals surface area contributed by atoms with E-state index in [1.54, 1.807) is 0 Å². The largest absolute Gasteiger partial charge is 0.330 e. The standard InChI is InChI=1S/C16H21N3/c1-10-5-6-14(7-11(10)2)15-8-13(4)18-16(19-15)12(3)9-17/h5-8,12H,9,17H2,1-4H3. The highest BCUT2D eigenvalue weighted by atomic mass is 14.9. The number of hydrogen-bond acceptors (Lipinski definition) is 3. The van der Waals surface area contributed by atoms with Crippen LogP contribution in [0.1, 0.15) is 35.5 Å². The highest BCUT2D eigenvalue weighted by Crippen LogP contribution is 2.22. The van der Waals surface area contributed by atoms with Crippen molar-refractivity contribution in [2.75, 3.05) is 6.54 Å². The molecule has 0 aliphatic rings. The van der Waals surface area contributed by atoms with Crippen molar-refractivity contribution in [3.63, 3.8) is 0 Å². The van der Waals surface area contributed by atoms with Gasteiger partial charge in [0.25, 0.3) is 0 Å². The number of aromatic nitrogens is 2. The quantitative estimate of drug-likeness (QED) is 0.916. The smallest absolute Gasteiger partial charge is 0.133 e. The van der Waals surface area contributed by atoms with Gasteiger partial charge >= 0.3 is 0 Å². The Labute approximate surface area is 114 Å². The predicted molar refractivity (Wildman–Crippen MR) is 79.1 cm³/mol. The summed E-state index contributed by atoms with van der Waals surface area (Å²) in [6.07, 6.45) is 0. The molecule has 0 saturated carbocycles. The molecule has 0 fully saturated rings. The Morgan fingerprint density at radius 2 is 1.79 bits per heavy atom. The Bertz CT molecular complexity index is 591. The van der Waals surface area contributed by atoms with Gasteiger partial charge in [-0.3, -0.25) is 0 Å². The number of hydrogen-bond donors (Lipinski definition) is 1. The lowest BCUT2D eigenvalue weighted by Crippen LogP contribution is -2.13. The zero-order valence-electron chi connectivity index (χ0n) is 12.1. The number of nitrogens with zero attached hydrogens (tertiary/aromatic N) is 2. The molecular formula is C16H21N3. The van der Waals surface area contributed by atoms with Crippen LogP contribution in [0.15, 0.2) is 24.3 Å². The van der Waals surface area contributed by atoms with Crippen LogP contribution in [0.3, 0.4) is 0 Å². The summed E-state index contributed by atoms with van der Waals surface area (Å²) in [7, 11) is 0. The number of aryl methyl sites for hydroxylation is 3. The summed E-state index contributed by atoms with van der Waals surface area (Å²) >= 11 is 0. The fourth-order valence-electron chi connectivity index (χ4n) is 1.97. The molecule has 0 aliphatic carbocycles. The van der Waals surface area contributed by atoms with Crippen molar-refractivity contribution in [3.8, 4) is 11.3 Å². The summed E-state index contributed by atoms with van der Waals surface area (Å²) in [5, 5.41) is 0. The highest BCUT2D eigenvalue weighted by Gasteiger charge is 2.10. The van der Waals surface area contributed by atoms with Gasteiger partial charge in [0.2, 0.25) is 0 Å². The summed E-state index contributed by atoms with van der Waals surface area (Å²) in [6.45, 7) is 8.86. The first-order valence-corrected chi connectivity index (χ1v) is 6.64. The van der Waals surface area contributed by atoms with E-state index in [2.05, 4.69) is 48.9 Å². The van der Waals surface area contributed by atoms with Crippen LogP contribution in [0, 0.1) is 20.8 Å². The monoisotopic (exact) mass is 255 g/mol. The van der Waals surface area contributed by atoms with E-state index in [1.165, 1.54) is 11.1 Å². The maximum Gasteiger partial charge on any atom is 0.133 e. The Hall–Kier alpha value is -1.74. The van der Waals surface area contributed by atoms with Gasteiger partial charge in [-0.2, -0.15) is 0 Å². The van der Waals surface area contributed by atoms with Crippen LogP contribution in [0.2, 0.25) is 0 Å². The molecule has 0 radical (unpaired) electrons. The van der Waals surface area contributed by atoms with Crippen molar-refractivity contribution < 1.29 is 0 Å². The van der Waals surface area contributed by atoms with Gasteiger partial charge in [-0.15, -0.1) is 0 Å². The summed E-state index contributed by atoms with van der Waals surface area (Å²) in [4.78, 5) is 9.13. The van der Waals surface area contributed by atoms with E-state index >= 15 is 0 Å². The van der Waals surface area contributed by atoms with Crippen LogP contribution in [0.25, 0.3) is 11.3 Å². The van der Waals surface area contributed by atoms with Crippen LogP contribution in [0.4, 0.5) is 0 Å². The molecule has 1 aromatic carbocycles. The Morgan fingerprint density at radius 3 is 2.42 bits per heavy atom. The van der Waals surface area contributed by atoms with Crippen molar-refractivity contribution in [2.45, 2.75) is 33.6 Å². The number of rotatable bonds is 3. The topological polar surface area (TPSA) is 51.8 Å². The van der Waals surface area contributed by atoms with E-state index in [1.807, 2.05) is 13.0 Å². The first-order chi connectivity index (χ1) is 9.01. The first-order valence-electron chi connectivity index (χ1n) is 6.64. The molecule has 1 heterocycles. The minimum Gasteiger partial charge on any atom is -0.330 e. The van der Waals surface area contributed by atoms with Gasteiger partial charge in [-0.05, 0) is 44.0 Å². The van der Waals surface area contributed by atoms with E-state index in [0.717, 1.165) is 22.8 Å². The molecule has 0 bridgehead atoms. The average molecular weight is 255 g/mol. The summed E-state index contributed by atoms with van der Waals surface area (Å²) in [6, 6.07) is 8.44. The number of nitrogens with two attached hydrogens (primary N) is 1. The van der Waals surface area contributed by atoms with Crippen molar-refractivity contribution in [1.29, 1.82) is 0 Å². The summed E-state index contributed by atoms with van der Waals surface area (Å²) in [5.41, 5.74) is 11.4. The van der Waals surface area contributed by atoms with Gasteiger partial charge < -0.3 is 5.73 Å². The van der Waals surface area contributed by atoms with Crippen LogP contribution in [0.5, 0.6) is 0 Å². The Balaban J connectivity index is 2.49. The van der Waals surface area contributed by atoms with Gasteiger partial charge in [0.15, 0.2) is 0 Å². The van der Waals surface area contributed by atoms with Crippen LogP contribution >= 0.6 is 0 Å². The fourth-order valence-corrected chi connectivity index (χ4v) is 1.97. The summed E-state index contributed by atoms with van der Waals surface area (Å²) < 4.78 is 0. The molecule has 1 aromatic heterocycles. The molecular weight excluding hydrogens is 234 g/mol. The molecule has 0 saturated heterocycles. The van der Waals surface area contributed by atoms with Crippen molar-refractivity contribution in [2.24, 2.45) is 5.73 Å². The van der Waals surface area contributed by atoms with Crippen LogP contribution in [-0.4, -0.2) is 16.5 Å². The predicted octanol–water partition coefficient (Wildman–Crippen LogP) is 3.13. The second-order valence-electron chi connectivity index (χ2n) is 5.19. The zero-order chi connectivity index (χ0) is 14.0. The van der Waals surface area contributed by atoms with Gasteiger partial charge in [0.05, 0.1) is 5.69 Å². The molecule has 3 heteroatoms. The molecule has 1 unspecified atom stereocenters. The lowest BCUT2D eigenvalue weighted by atomic mass is 10.0. The Kier molecular flexibility index (Phi) is 3.96. The normalized spacial score (nSPS) is 12.5. The van der Waals surface area contributed by atoms with Crippen molar-refractivity contribution >= 4 is 0 Å². The van der Waals surface area contributed by atoms with E-state index < -0.39 is 0 Å². The molecule has 100 valence electrons. The molecule has 19 heavy (non-hydrogen) atoms. The molecule has 0 spiro atoms. The van der Waals surface area contributed by atoms with Gasteiger partial charge in [-0.25, -0.2) is 9.97 Å². The number of benzene rings is 1. The molecule has 0 amide bonds. The Morgan fingerprint density at radius 1 is 1.05 bits per heavy atom. The molecule has 1 atom stereocenters. The minimum absolute atomic E-state index is 0.185. The first kappa shape index (κ1) is 13.7. The maximum absolute atomic E-state index is 5.71. The molecule has 3 nitrogen and oxygen atoms in total. The van der Waals surface area contributed by atoms with E-state index in [4.69, 9.17) is 5.73 Å². The van der Waals surface area contributed by atoms with Crippen LogP contribution in [-0.2, 0) is 0 Å². The lowest BCUT2D eigenvalue weighted by Gasteiger charge is -2.11. The third-order valence-corrected chi connectivity index (χ3v) is 3.47.